The van der Waals surface area contributed by atoms with Crippen LogP contribution in [0.15, 0.2) is 0 Å². The summed E-state index contributed by atoms with van der Waals surface area (Å²) in [6, 6.07) is 0.826. The van der Waals surface area contributed by atoms with Gasteiger partial charge in [0.05, 0.1) is 0 Å². The lowest BCUT2D eigenvalue weighted by molar-refractivity contribution is 0.278. The predicted octanol–water partition coefficient (Wildman–Crippen LogP) is 2.81. The Morgan fingerprint density at radius 3 is 2.69 bits per heavy atom. The van der Waals surface area contributed by atoms with Crippen molar-refractivity contribution in [2.75, 3.05) is 6.54 Å². The van der Waals surface area contributed by atoms with Gasteiger partial charge in [0.15, 0.2) is 0 Å². The normalized spacial score (nSPS) is 39.5. The first kappa shape index (κ1) is 9.51. The highest BCUT2D eigenvalue weighted by Gasteiger charge is 2.39. The fourth-order valence-electron chi connectivity index (χ4n) is 3.19. The third-order valence-corrected chi connectivity index (χ3v) is 3.71. The number of fused-ring (bicyclic) bond motifs is 1. The summed E-state index contributed by atoms with van der Waals surface area (Å²) in [6.07, 6.45) is 5.81. The molecule has 0 aromatic carbocycles. The summed E-state index contributed by atoms with van der Waals surface area (Å²) in [4.78, 5) is 0. The van der Waals surface area contributed by atoms with Crippen molar-refractivity contribution in [3.05, 3.63) is 0 Å². The van der Waals surface area contributed by atoms with Gasteiger partial charge in [-0.3, -0.25) is 0 Å². The Kier molecular flexibility index (Phi) is 2.39. The zero-order valence-corrected chi connectivity index (χ0v) is 9.27. The van der Waals surface area contributed by atoms with E-state index in [1.54, 1.807) is 0 Å². The van der Waals surface area contributed by atoms with Gasteiger partial charge in [0.25, 0.3) is 0 Å². The number of nitrogens with one attached hydrogen (secondary N) is 1. The number of hydrogen-bond acceptors (Lipinski definition) is 1. The molecule has 2 fully saturated rings. The second-order valence-electron chi connectivity index (χ2n) is 6.13. The van der Waals surface area contributed by atoms with Gasteiger partial charge in [-0.25, -0.2) is 0 Å². The van der Waals surface area contributed by atoms with Crippen LogP contribution in [-0.2, 0) is 0 Å². The van der Waals surface area contributed by atoms with E-state index >= 15 is 0 Å². The van der Waals surface area contributed by atoms with E-state index in [2.05, 4.69) is 26.1 Å². The summed E-state index contributed by atoms with van der Waals surface area (Å²) < 4.78 is 0. The van der Waals surface area contributed by atoms with Crippen LogP contribution in [0.25, 0.3) is 0 Å². The Labute approximate surface area is 82.3 Å². The minimum atomic E-state index is 0.495. The highest BCUT2D eigenvalue weighted by molar-refractivity contribution is 4.95. The lowest BCUT2D eigenvalue weighted by atomic mass is 9.82. The molecule has 1 saturated carbocycles. The highest BCUT2D eigenvalue weighted by Crippen LogP contribution is 2.41. The van der Waals surface area contributed by atoms with Crippen molar-refractivity contribution in [2.24, 2.45) is 17.3 Å². The Hall–Kier alpha value is -0.0400. The summed E-state index contributed by atoms with van der Waals surface area (Å²) in [5.41, 5.74) is 0.495. The molecule has 0 amide bonds. The van der Waals surface area contributed by atoms with Gasteiger partial charge in [-0.2, -0.15) is 0 Å². The minimum absolute atomic E-state index is 0.495. The van der Waals surface area contributed by atoms with Crippen LogP contribution in [-0.4, -0.2) is 12.6 Å². The molecule has 2 aliphatic rings. The number of hydrogen-bond donors (Lipinski definition) is 1. The largest absolute Gasteiger partial charge is 0.313 e. The molecule has 0 spiro atoms. The van der Waals surface area contributed by atoms with Crippen molar-refractivity contribution < 1.29 is 0 Å². The molecule has 1 aliphatic carbocycles. The molecule has 1 saturated heterocycles. The molecule has 0 bridgehead atoms. The third kappa shape index (κ3) is 2.07. The lowest BCUT2D eigenvalue weighted by Crippen LogP contribution is -2.31. The van der Waals surface area contributed by atoms with Gasteiger partial charge in [-0.05, 0) is 43.1 Å². The van der Waals surface area contributed by atoms with Crippen molar-refractivity contribution in [2.45, 2.75) is 52.5 Å². The molecule has 2 rings (SSSR count). The average Bonchev–Trinajstić information content (AvgIpc) is 2.50. The molecule has 1 N–H and O–H groups in total. The summed E-state index contributed by atoms with van der Waals surface area (Å²) in [6.45, 7) is 8.37. The van der Waals surface area contributed by atoms with Crippen LogP contribution in [0.1, 0.15) is 46.5 Å². The standard InChI is InChI=1S/C12H23N/c1-12(2,3)7-11-10-6-4-5-9(10)8-13-11/h9-11,13H,4-8H2,1-3H3. The SMILES string of the molecule is CC(C)(C)CC1NCC2CCCC21. The topological polar surface area (TPSA) is 12.0 Å². The molecular formula is C12H23N. The maximum Gasteiger partial charge on any atom is 0.0103 e. The molecule has 1 aliphatic heterocycles. The molecule has 0 aromatic heterocycles. The van der Waals surface area contributed by atoms with Crippen LogP contribution in [0.4, 0.5) is 0 Å². The van der Waals surface area contributed by atoms with E-state index in [4.69, 9.17) is 0 Å². The van der Waals surface area contributed by atoms with E-state index in [-0.39, 0.29) is 0 Å². The van der Waals surface area contributed by atoms with E-state index in [1.165, 1.54) is 32.2 Å². The van der Waals surface area contributed by atoms with Crippen LogP contribution < -0.4 is 5.32 Å². The van der Waals surface area contributed by atoms with E-state index in [0.717, 1.165) is 17.9 Å². The fourth-order valence-corrected chi connectivity index (χ4v) is 3.19. The smallest absolute Gasteiger partial charge is 0.0103 e. The quantitative estimate of drug-likeness (QED) is 0.656. The van der Waals surface area contributed by atoms with E-state index < -0.39 is 0 Å². The average molecular weight is 181 g/mol. The van der Waals surface area contributed by atoms with Gasteiger partial charge >= 0.3 is 0 Å². The molecule has 1 heterocycles. The van der Waals surface area contributed by atoms with Crippen molar-refractivity contribution in [1.29, 1.82) is 0 Å². The first-order chi connectivity index (χ1) is 6.06. The monoisotopic (exact) mass is 181 g/mol. The van der Waals surface area contributed by atoms with Crippen LogP contribution in [0.5, 0.6) is 0 Å². The third-order valence-electron chi connectivity index (χ3n) is 3.71. The molecule has 13 heavy (non-hydrogen) atoms. The first-order valence-electron chi connectivity index (χ1n) is 5.80. The molecule has 0 radical (unpaired) electrons. The Morgan fingerprint density at radius 1 is 1.23 bits per heavy atom. The maximum atomic E-state index is 3.72. The van der Waals surface area contributed by atoms with Gasteiger partial charge < -0.3 is 5.32 Å². The summed E-state index contributed by atoms with van der Waals surface area (Å²) in [5, 5.41) is 3.72. The van der Waals surface area contributed by atoms with Crippen molar-refractivity contribution >= 4 is 0 Å². The molecule has 3 atom stereocenters. The van der Waals surface area contributed by atoms with E-state index in [1.807, 2.05) is 0 Å². The first-order valence-corrected chi connectivity index (χ1v) is 5.80. The molecule has 76 valence electrons. The van der Waals surface area contributed by atoms with Crippen LogP contribution in [0.3, 0.4) is 0 Å². The minimum Gasteiger partial charge on any atom is -0.313 e. The molecule has 1 nitrogen and oxygen atoms in total. The molecule has 0 aromatic rings. The van der Waals surface area contributed by atoms with Gasteiger partial charge in [-0.1, -0.05) is 27.2 Å². The zero-order valence-electron chi connectivity index (χ0n) is 9.27. The zero-order chi connectivity index (χ0) is 9.47. The Bertz CT molecular complexity index is 180. The van der Waals surface area contributed by atoms with E-state index in [0.29, 0.717) is 5.41 Å². The predicted molar refractivity (Wildman–Crippen MR) is 56.7 cm³/mol. The van der Waals surface area contributed by atoms with Gasteiger partial charge in [0.1, 0.15) is 0 Å². The van der Waals surface area contributed by atoms with Crippen molar-refractivity contribution in [3.8, 4) is 0 Å². The van der Waals surface area contributed by atoms with Crippen molar-refractivity contribution in [1.82, 2.24) is 5.32 Å². The molecular weight excluding hydrogens is 158 g/mol. The summed E-state index contributed by atoms with van der Waals surface area (Å²) in [7, 11) is 0. The fraction of sp³-hybridized carbons (Fsp3) is 1.00. The van der Waals surface area contributed by atoms with Crippen LogP contribution >= 0.6 is 0 Å². The molecule has 3 unspecified atom stereocenters. The van der Waals surface area contributed by atoms with Crippen LogP contribution in [0, 0.1) is 17.3 Å². The second kappa shape index (κ2) is 3.27. The van der Waals surface area contributed by atoms with Crippen molar-refractivity contribution in [3.63, 3.8) is 0 Å². The lowest BCUT2D eigenvalue weighted by Gasteiger charge is -2.26. The van der Waals surface area contributed by atoms with Gasteiger partial charge in [0.2, 0.25) is 0 Å². The number of rotatable bonds is 1. The molecule has 1 heteroatoms. The second-order valence-corrected chi connectivity index (χ2v) is 6.13. The van der Waals surface area contributed by atoms with Gasteiger partial charge in [-0.15, -0.1) is 0 Å². The Morgan fingerprint density at radius 2 is 2.00 bits per heavy atom. The summed E-state index contributed by atoms with van der Waals surface area (Å²) >= 11 is 0. The van der Waals surface area contributed by atoms with Gasteiger partial charge in [0, 0.05) is 6.04 Å². The van der Waals surface area contributed by atoms with Crippen LogP contribution in [0.2, 0.25) is 0 Å². The van der Waals surface area contributed by atoms with E-state index in [9.17, 15) is 0 Å². The maximum absolute atomic E-state index is 3.72. The Balaban J connectivity index is 1.94. The summed E-state index contributed by atoms with van der Waals surface area (Å²) in [5.74, 6) is 2.03. The highest BCUT2D eigenvalue weighted by atomic mass is 15.0.